The molecule has 2 aliphatic rings. The number of hydrogen-bond acceptors (Lipinski definition) is 5. The fraction of sp³-hybridized carbons (Fsp3) is 0.520. The second kappa shape index (κ2) is 9.79. The lowest BCUT2D eigenvalue weighted by Gasteiger charge is -2.41. The first-order valence-electron chi connectivity index (χ1n) is 11.4. The first kappa shape index (κ1) is 21.8. The fourth-order valence-electron chi connectivity index (χ4n) is 4.78. The van der Waals surface area contributed by atoms with E-state index in [1.54, 1.807) is 6.20 Å². The average molecular weight is 424 g/mol. The highest BCUT2D eigenvalue weighted by molar-refractivity contribution is 5.79. The minimum atomic E-state index is -0.816. The predicted octanol–water partition coefficient (Wildman–Crippen LogP) is 3.20. The summed E-state index contributed by atoms with van der Waals surface area (Å²) in [5, 5.41) is 11.0. The van der Waals surface area contributed by atoms with Gasteiger partial charge in [0, 0.05) is 37.3 Å². The topological polar surface area (TPSA) is 65.9 Å². The summed E-state index contributed by atoms with van der Waals surface area (Å²) >= 11 is 0. The third kappa shape index (κ3) is 5.08. The molecule has 0 unspecified atom stereocenters. The summed E-state index contributed by atoms with van der Waals surface area (Å²) in [4.78, 5) is 21.8. The molecule has 0 aliphatic carbocycles. The Morgan fingerprint density at radius 2 is 1.81 bits per heavy atom. The smallest absolute Gasteiger partial charge is 0.225 e. The van der Waals surface area contributed by atoms with E-state index in [-0.39, 0.29) is 11.8 Å². The number of pyridine rings is 1. The predicted molar refractivity (Wildman–Crippen MR) is 120 cm³/mol. The molecule has 166 valence electrons. The Balaban J connectivity index is 1.27. The molecule has 0 saturated carbocycles. The summed E-state index contributed by atoms with van der Waals surface area (Å²) in [5.41, 5.74) is 1.24. The van der Waals surface area contributed by atoms with Crippen molar-refractivity contribution in [2.24, 2.45) is 5.92 Å². The molecule has 2 aromatic rings. The van der Waals surface area contributed by atoms with Crippen LogP contribution < -0.4 is 4.74 Å². The highest BCUT2D eigenvalue weighted by Gasteiger charge is 2.37. The number of benzene rings is 1. The Morgan fingerprint density at radius 3 is 2.48 bits per heavy atom. The molecule has 1 amide bonds. The summed E-state index contributed by atoms with van der Waals surface area (Å²) in [5.74, 6) is 1.05. The van der Waals surface area contributed by atoms with Gasteiger partial charge in [-0.1, -0.05) is 36.4 Å². The lowest BCUT2D eigenvalue weighted by Crippen LogP contribution is -2.48. The van der Waals surface area contributed by atoms with Crippen LogP contribution in [0, 0.1) is 5.92 Å². The molecule has 2 aliphatic heterocycles. The van der Waals surface area contributed by atoms with Crippen molar-refractivity contribution in [3.8, 4) is 5.88 Å². The van der Waals surface area contributed by atoms with Gasteiger partial charge in [-0.2, -0.15) is 0 Å². The van der Waals surface area contributed by atoms with Crippen molar-refractivity contribution < 1.29 is 14.6 Å². The maximum Gasteiger partial charge on any atom is 0.225 e. The van der Waals surface area contributed by atoms with Gasteiger partial charge in [-0.25, -0.2) is 4.98 Å². The standard InChI is InChI=1S/C25H33N3O3/c1-2-31-23-21(7-6-14-26-23)19-27-15-10-20(11-16-27)24(29)28-17-12-25(30,13-18-28)22-8-4-3-5-9-22/h3-9,14,20,30H,2,10-13,15-19H2,1H3. The summed E-state index contributed by atoms with van der Waals surface area (Å²) in [7, 11) is 0. The Kier molecular flexibility index (Phi) is 6.88. The highest BCUT2D eigenvalue weighted by Crippen LogP contribution is 2.34. The van der Waals surface area contributed by atoms with E-state index in [2.05, 4.69) is 16.0 Å². The van der Waals surface area contributed by atoms with E-state index in [1.165, 1.54) is 0 Å². The van der Waals surface area contributed by atoms with Crippen molar-refractivity contribution >= 4 is 5.91 Å². The molecule has 1 aromatic carbocycles. The number of rotatable bonds is 6. The van der Waals surface area contributed by atoms with E-state index in [0.29, 0.717) is 38.4 Å². The summed E-state index contributed by atoms with van der Waals surface area (Å²) < 4.78 is 5.65. The molecule has 0 atom stereocenters. The second-order valence-corrected chi connectivity index (χ2v) is 8.67. The van der Waals surface area contributed by atoms with Crippen molar-refractivity contribution in [1.82, 2.24) is 14.8 Å². The van der Waals surface area contributed by atoms with Gasteiger partial charge in [-0.05, 0) is 57.3 Å². The number of carbonyl (C=O) groups is 1. The van der Waals surface area contributed by atoms with E-state index in [0.717, 1.165) is 43.6 Å². The quantitative estimate of drug-likeness (QED) is 0.773. The van der Waals surface area contributed by atoms with Crippen LogP contribution in [0.3, 0.4) is 0 Å². The van der Waals surface area contributed by atoms with Gasteiger partial charge in [0.25, 0.3) is 0 Å². The largest absolute Gasteiger partial charge is 0.478 e. The molecular formula is C25H33N3O3. The van der Waals surface area contributed by atoms with Crippen LogP contribution in [0.2, 0.25) is 0 Å². The lowest BCUT2D eigenvalue weighted by atomic mass is 9.84. The van der Waals surface area contributed by atoms with Crippen molar-refractivity contribution in [2.75, 3.05) is 32.8 Å². The van der Waals surface area contributed by atoms with E-state index in [1.807, 2.05) is 48.2 Å². The van der Waals surface area contributed by atoms with Gasteiger partial charge in [0.05, 0.1) is 12.2 Å². The molecule has 0 radical (unpaired) electrons. The van der Waals surface area contributed by atoms with Crippen LogP contribution >= 0.6 is 0 Å². The number of ether oxygens (including phenoxy) is 1. The molecule has 31 heavy (non-hydrogen) atoms. The molecule has 4 rings (SSSR count). The van der Waals surface area contributed by atoms with Gasteiger partial charge in [-0.3, -0.25) is 9.69 Å². The lowest BCUT2D eigenvalue weighted by molar-refractivity contribution is -0.141. The minimum absolute atomic E-state index is 0.0828. The van der Waals surface area contributed by atoms with Gasteiger partial charge < -0.3 is 14.7 Å². The number of aliphatic hydroxyl groups is 1. The van der Waals surface area contributed by atoms with Gasteiger partial charge >= 0.3 is 0 Å². The summed E-state index contributed by atoms with van der Waals surface area (Å²) in [6, 6.07) is 13.9. The molecule has 6 nitrogen and oxygen atoms in total. The molecule has 6 heteroatoms. The molecule has 1 N–H and O–H groups in total. The number of aromatic nitrogens is 1. The number of hydrogen-bond donors (Lipinski definition) is 1. The zero-order valence-corrected chi connectivity index (χ0v) is 18.4. The van der Waals surface area contributed by atoms with Crippen molar-refractivity contribution in [2.45, 2.75) is 44.8 Å². The molecule has 0 bridgehead atoms. The van der Waals surface area contributed by atoms with Crippen molar-refractivity contribution in [1.29, 1.82) is 0 Å². The number of piperidine rings is 2. The van der Waals surface area contributed by atoms with Crippen LogP contribution in [0.25, 0.3) is 0 Å². The van der Waals surface area contributed by atoms with E-state index in [4.69, 9.17) is 4.74 Å². The zero-order valence-electron chi connectivity index (χ0n) is 18.4. The third-order valence-electron chi connectivity index (χ3n) is 6.68. The Bertz CT molecular complexity index is 857. The number of carbonyl (C=O) groups excluding carboxylic acids is 1. The second-order valence-electron chi connectivity index (χ2n) is 8.67. The Morgan fingerprint density at radius 1 is 1.10 bits per heavy atom. The molecule has 2 saturated heterocycles. The molecular weight excluding hydrogens is 390 g/mol. The molecule has 0 spiro atoms. The average Bonchev–Trinajstić information content (AvgIpc) is 2.82. The first-order valence-corrected chi connectivity index (χ1v) is 11.4. The molecule has 2 fully saturated rings. The van der Waals surface area contributed by atoms with Gasteiger partial charge in [0.15, 0.2) is 0 Å². The SMILES string of the molecule is CCOc1ncccc1CN1CCC(C(=O)N2CCC(O)(c3ccccc3)CC2)CC1. The molecule has 3 heterocycles. The fourth-order valence-corrected chi connectivity index (χ4v) is 4.78. The van der Waals surface area contributed by atoms with Crippen LogP contribution in [0.1, 0.15) is 43.7 Å². The third-order valence-corrected chi connectivity index (χ3v) is 6.68. The van der Waals surface area contributed by atoms with Crippen molar-refractivity contribution in [3.05, 3.63) is 59.8 Å². The number of likely N-dealkylation sites (tertiary alicyclic amines) is 2. The summed E-state index contributed by atoms with van der Waals surface area (Å²) in [6.45, 7) is 6.43. The highest BCUT2D eigenvalue weighted by atomic mass is 16.5. The van der Waals surface area contributed by atoms with Crippen LogP contribution in [0.4, 0.5) is 0 Å². The normalized spacial score (nSPS) is 19.9. The zero-order chi connectivity index (χ0) is 21.7. The van der Waals surface area contributed by atoms with Crippen LogP contribution in [0.15, 0.2) is 48.7 Å². The first-order chi connectivity index (χ1) is 15.1. The molecule has 1 aromatic heterocycles. The monoisotopic (exact) mass is 423 g/mol. The Hall–Kier alpha value is -2.44. The van der Waals surface area contributed by atoms with Gasteiger partial charge in [0.1, 0.15) is 0 Å². The van der Waals surface area contributed by atoms with Gasteiger partial charge in [0.2, 0.25) is 11.8 Å². The maximum absolute atomic E-state index is 13.1. The van der Waals surface area contributed by atoms with Crippen LogP contribution in [-0.4, -0.2) is 58.6 Å². The van der Waals surface area contributed by atoms with Crippen LogP contribution in [-0.2, 0) is 16.9 Å². The van der Waals surface area contributed by atoms with E-state index < -0.39 is 5.60 Å². The van der Waals surface area contributed by atoms with E-state index >= 15 is 0 Å². The van der Waals surface area contributed by atoms with Crippen LogP contribution in [0.5, 0.6) is 5.88 Å². The summed E-state index contributed by atoms with van der Waals surface area (Å²) in [6.07, 6.45) is 4.72. The Labute approximate surface area is 184 Å². The van der Waals surface area contributed by atoms with E-state index in [9.17, 15) is 9.90 Å². The number of nitrogens with zero attached hydrogens (tertiary/aromatic N) is 3. The minimum Gasteiger partial charge on any atom is -0.478 e. The van der Waals surface area contributed by atoms with Gasteiger partial charge in [-0.15, -0.1) is 0 Å². The van der Waals surface area contributed by atoms with Crippen molar-refractivity contribution in [3.63, 3.8) is 0 Å². The number of amides is 1. The maximum atomic E-state index is 13.1.